The summed E-state index contributed by atoms with van der Waals surface area (Å²) in [6.07, 6.45) is 1.25. The number of nitrogens with two attached hydrogens (primary N) is 3. The van der Waals surface area contributed by atoms with Crippen molar-refractivity contribution in [1.29, 1.82) is 0 Å². The number of aliphatic imine (C=N–C) groups is 1. The van der Waals surface area contributed by atoms with Gasteiger partial charge in [0.05, 0.1) is 12.5 Å². The number of nitrogens with zero attached hydrogens (tertiary/aromatic N) is 1. The van der Waals surface area contributed by atoms with Gasteiger partial charge in [0.1, 0.15) is 18.1 Å². The third-order valence-electron chi connectivity index (χ3n) is 6.94. The number of guanidine groups is 1. The van der Waals surface area contributed by atoms with E-state index in [2.05, 4.69) is 25.9 Å². The average Bonchev–Trinajstić information content (AvgIpc) is 3.40. The van der Waals surface area contributed by atoms with Crippen LogP contribution in [0.15, 0.2) is 65.8 Å². The molecule has 4 atom stereocenters. The molecule has 0 radical (unpaired) electrons. The smallest absolute Gasteiger partial charge is 0.326 e. The maximum atomic E-state index is 13.6. The Labute approximate surface area is 258 Å². The van der Waals surface area contributed by atoms with Gasteiger partial charge in [0.2, 0.25) is 17.7 Å². The van der Waals surface area contributed by atoms with Crippen LogP contribution in [0.4, 0.5) is 0 Å². The molecule has 0 spiro atoms. The number of aliphatic carboxylic acids is 2. The van der Waals surface area contributed by atoms with E-state index in [-0.39, 0.29) is 38.2 Å². The van der Waals surface area contributed by atoms with Crippen LogP contribution < -0.4 is 33.2 Å². The SMILES string of the molecule is NC(N)=NCCCC(NC(=O)C(N)CC(=O)O)C(=O)NC(Cc1c[nH]c2ccccc12)C(=O)NC(Cc1ccccc1)C(=O)O. The van der Waals surface area contributed by atoms with E-state index in [1.54, 1.807) is 36.5 Å². The molecule has 0 saturated heterocycles. The molecule has 0 fully saturated rings. The number of para-hydroxylation sites is 1. The van der Waals surface area contributed by atoms with Crippen LogP contribution in [0.5, 0.6) is 0 Å². The van der Waals surface area contributed by atoms with E-state index in [0.717, 1.165) is 10.9 Å². The van der Waals surface area contributed by atoms with Crippen molar-refractivity contribution < 1.29 is 34.2 Å². The van der Waals surface area contributed by atoms with Gasteiger partial charge in [-0.2, -0.15) is 0 Å². The fourth-order valence-electron chi connectivity index (χ4n) is 4.66. The van der Waals surface area contributed by atoms with Gasteiger partial charge in [-0.05, 0) is 30.0 Å². The van der Waals surface area contributed by atoms with Crippen molar-refractivity contribution in [3.8, 4) is 0 Å². The lowest BCUT2D eigenvalue weighted by molar-refractivity contribution is -0.142. The number of carbonyl (C=O) groups is 5. The van der Waals surface area contributed by atoms with Crippen molar-refractivity contribution >= 4 is 46.5 Å². The number of aromatic nitrogens is 1. The summed E-state index contributed by atoms with van der Waals surface area (Å²) < 4.78 is 0. The summed E-state index contributed by atoms with van der Waals surface area (Å²) in [4.78, 5) is 70.0. The van der Waals surface area contributed by atoms with E-state index in [4.69, 9.17) is 22.3 Å². The van der Waals surface area contributed by atoms with Crippen molar-refractivity contribution in [2.24, 2.45) is 22.2 Å². The van der Waals surface area contributed by atoms with Gasteiger partial charge in [0, 0.05) is 36.5 Å². The molecule has 0 aliphatic heterocycles. The lowest BCUT2D eigenvalue weighted by atomic mass is 10.0. The molecule has 2 aromatic carbocycles. The van der Waals surface area contributed by atoms with E-state index in [0.29, 0.717) is 11.1 Å². The topological polar surface area (TPSA) is 268 Å². The first-order chi connectivity index (χ1) is 21.4. The van der Waals surface area contributed by atoms with Crippen LogP contribution in [0.3, 0.4) is 0 Å². The molecule has 0 bridgehead atoms. The maximum absolute atomic E-state index is 13.6. The van der Waals surface area contributed by atoms with Crippen LogP contribution in [-0.2, 0) is 36.8 Å². The molecule has 1 aromatic heterocycles. The van der Waals surface area contributed by atoms with Crippen molar-refractivity contribution in [2.45, 2.75) is 56.3 Å². The second-order valence-electron chi connectivity index (χ2n) is 10.4. The Hall–Kier alpha value is -5.44. The number of nitrogens with one attached hydrogen (secondary N) is 4. The zero-order valence-corrected chi connectivity index (χ0v) is 24.4. The van der Waals surface area contributed by atoms with Crippen LogP contribution in [0.2, 0.25) is 0 Å². The van der Waals surface area contributed by atoms with Gasteiger partial charge in [-0.3, -0.25) is 24.2 Å². The van der Waals surface area contributed by atoms with Gasteiger partial charge >= 0.3 is 11.9 Å². The molecule has 3 aromatic rings. The van der Waals surface area contributed by atoms with Crippen LogP contribution >= 0.6 is 0 Å². The quantitative estimate of drug-likeness (QED) is 0.0521. The zero-order chi connectivity index (χ0) is 32.9. The highest BCUT2D eigenvalue weighted by molar-refractivity contribution is 5.95. The molecule has 0 saturated carbocycles. The number of fused-ring (bicyclic) bond motifs is 1. The normalized spacial score (nSPS) is 13.5. The molecule has 15 nitrogen and oxygen atoms in total. The highest BCUT2D eigenvalue weighted by Crippen LogP contribution is 2.19. The molecule has 15 heteroatoms. The Bertz CT molecular complexity index is 1520. The Morgan fingerprint density at radius 1 is 0.800 bits per heavy atom. The fraction of sp³-hybridized carbons (Fsp3) is 0.333. The van der Waals surface area contributed by atoms with Crippen LogP contribution in [0.25, 0.3) is 10.9 Å². The number of carbonyl (C=O) groups excluding carboxylic acids is 3. The van der Waals surface area contributed by atoms with E-state index in [1.165, 1.54) is 0 Å². The summed E-state index contributed by atoms with van der Waals surface area (Å²) in [5.41, 5.74) is 18.6. The number of benzene rings is 2. The van der Waals surface area contributed by atoms with Gasteiger partial charge < -0.3 is 48.3 Å². The van der Waals surface area contributed by atoms with E-state index in [1.807, 2.05) is 24.3 Å². The number of rotatable bonds is 17. The van der Waals surface area contributed by atoms with Gasteiger partial charge in [-0.15, -0.1) is 0 Å². The standard InChI is InChI=1S/C30H38N8O7/c31-20(15-25(39)40)26(41)36-22(11-6-12-34-30(32)33)27(42)37-23(14-18-16-35-21-10-5-4-9-19(18)21)28(43)38-24(29(44)45)13-17-7-2-1-3-8-17/h1-5,7-10,16,20,22-24,35H,6,11-15,31H2,(H,36,41)(H,37,42)(H,38,43)(H,39,40)(H,44,45)(H4,32,33,34). The summed E-state index contributed by atoms with van der Waals surface area (Å²) in [5.74, 6) is -5.14. The number of hydrogen-bond donors (Lipinski definition) is 9. The Morgan fingerprint density at radius 3 is 2.09 bits per heavy atom. The van der Waals surface area contributed by atoms with Crippen LogP contribution in [-0.4, -0.2) is 81.5 Å². The fourth-order valence-corrected chi connectivity index (χ4v) is 4.66. The van der Waals surface area contributed by atoms with Gasteiger partial charge in [-0.1, -0.05) is 48.5 Å². The number of carboxylic acid groups (broad SMARTS) is 2. The minimum Gasteiger partial charge on any atom is -0.481 e. The molecule has 12 N–H and O–H groups in total. The van der Waals surface area contributed by atoms with Crippen molar-refractivity contribution in [3.63, 3.8) is 0 Å². The number of H-pyrrole nitrogens is 1. The van der Waals surface area contributed by atoms with Crippen molar-refractivity contribution in [2.75, 3.05) is 6.54 Å². The second-order valence-corrected chi connectivity index (χ2v) is 10.4. The first-order valence-electron chi connectivity index (χ1n) is 14.2. The Balaban J connectivity index is 1.87. The van der Waals surface area contributed by atoms with Gasteiger partial charge in [0.15, 0.2) is 5.96 Å². The first kappa shape index (κ1) is 34.1. The summed E-state index contributed by atoms with van der Waals surface area (Å²) in [5, 5.41) is 27.3. The lowest BCUT2D eigenvalue weighted by Crippen LogP contribution is -2.58. The van der Waals surface area contributed by atoms with Crippen molar-refractivity contribution in [1.82, 2.24) is 20.9 Å². The van der Waals surface area contributed by atoms with E-state index < -0.39 is 60.2 Å². The Morgan fingerprint density at radius 2 is 1.42 bits per heavy atom. The monoisotopic (exact) mass is 622 g/mol. The van der Waals surface area contributed by atoms with E-state index >= 15 is 0 Å². The summed E-state index contributed by atoms with van der Waals surface area (Å²) in [7, 11) is 0. The third-order valence-corrected chi connectivity index (χ3v) is 6.94. The van der Waals surface area contributed by atoms with E-state index in [9.17, 15) is 29.1 Å². The summed E-state index contributed by atoms with van der Waals surface area (Å²) in [6.45, 7) is 0.127. The van der Waals surface area contributed by atoms with Crippen LogP contribution in [0, 0.1) is 0 Å². The lowest BCUT2D eigenvalue weighted by Gasteiger charge is -2.25. The molecule has 3 amide bonds. The minimum absolute atomic E-state index is 0.000600. The molecule has 0 aliphatic rings. The third kappa shape index (κ3) is 10.7. The molecule has 3 rings (SSSR count). The van der Waals surface area contributed by atoms with Crippen molar-refractivity contribution in [3.05, 3.63) is 71.9 Å². The first-order valence-corrected chi connectivity index (χ1v) is 14.2. The number of aromatic amines is 1. The predicted octanol–water partition coefficient (Wildman–Crippen LogP) is -0.652. The molecular weight excluding hydrogens is 584 g/mol. The molecular formula is C30H38N8O7. The number of amides is 3. The summed E-state index contributed by atoms with van der Waals surface area (Å²) >= 11 is 0. The molecule has 4 unspecified atom stereocenters. The van der Waals surface area contributed by atoms with Gasteiger partial charge in [0.25, 0.3) is 0 Å². The predicted molar refractivity (Wildman–Crippen MR) is 166 cm³/mol. The zero-order valence-electron chi connectivity index (χ0n) is 24.4. The molecule has 0 aliphatic carbocycles. The highest BCUT2D eigenvalue weighted by atomic mass is 16.4. The second kappa shape index (κ2) is 16.4. The molecule has 45 heavy (non-hydrogen) atoms. The highest BCUT2D eigenvalue weighted by Gasteiger charge is 2.31. The van der Waals surface area contributed by atoms with Gasteiger partial charge in [-0.25, -0.2) is 4.79 Å². The minimum atomic E-state index is -1.44. The Kier molecular flexibility index (Phi) is 12.4. The number of carboxylic acids is 2. The molecule has 240 valence electrons. The largest absolute Gasteiger partial charge is 0.481 e. The maximum Gasteiger partial charge on any atom is 0.326 e. The van der Waals surface area contributed by atoms with Crippen LogP contribution in [0.1, 0.15) is 30.4 Å². The average molecular weight is 623 g/mol. The molecule has 1 heterocycles. The number of hydrogen-bond acceptors (Lipinski definition) is 7. The summed E-state index contributed by atoms with van der Waals surface area (Å²) in [6, 6.07) is 10.8.